The molecule has 6 heteroatoms. The van der Waals surface area contributed by atoms with E-state index in [4.69, 9.17) is 4.74 Å². The highest BCUT2D eigenvalue weighted by molar-refractivity contribution is 5.79. The molecule has 2 heterocycles. The Morgan fingerprint density at radius 3 is 2.68 bits per heavy atom. The van der Waals surface area contributed by atoms with E-state index in [0.29, 0.717) is 19.6 Å². The van der Waals surface area contributed by atoms with Crippen LogP contribution in [0.25, 0.3) is 0 Å². The van der Waals surface area contributed by atoms with E-state index in [9.17, 15) is 9.59 Å². The van der Waals surface area contributed by atoms with E-state index in [0.717, 1.165) is 11.1 Å². The Bertz CT molecular complexity index is 721. The van der Waals surface area contributed by atoms with E-state index >= 15 is 0 Å². The number of methoxy groups -OCH3 is 1. The van der Waals surface area contributed by atoms with Crippen LogP contribution in [0.5, 0.6) is 0 Å². The van der Waals surface area contributed by atoms with E-state index in [1.165, 1.54) is 7.11 Å². The summed E-state index contributed by atoms with van der Waals surface area (Å²) in [6.07, 6.45) is 3.41. The summed E-state index contributed by atoms with van der Waals surface area (Å²) >= 11 is 0. The second-order valence-corrected chi connectivity index (χ2v) is 6.07. The lowest BCUT2D eigenvalue weighted by atomic mass is 9.89. The number of benzene rings is 1. The molecule has 0 radical (unpaired) electrons. The van der Waals surface area contributed by atoms with Crippen molar-refractivity contribution in [3.8, 4) is 0 Å². The molecule has 1 aliphatic heterocycles. The van der Waals surface area contributed by atoms with Crippen molar-refractivity contribution in [1.29, 1.82) is 0 Å². The number of nitrogens with zero attached hydrogens (tertiary/aromatic N) is 2. The normalized spacial score (nSPS) is 19.5. The van der Waals surface area contributed by atoms with Crippen LogP contribution >= 0.6 is 0 Å². The molecule has 0 saturated carbocycles. The van der Waals surface area contributed by atoms with Gasteiger partial charge in [-0.2, -0.15) is 0 Å². The number of carbonyl (C=O) groups is 2. The van der Waals surface area contributed by atoms with Crippen molar-refractivity contribution in [1.82, 2.24) is 15.2 Å². The van der Waals surface area contributed by atoms with Crippen LogP contribution in [0.4, 0.5) is 4.79 Å². The van der Waals surface area contributed by atoms with Crippen molar-refractivity contribution >= 4 is 12.0 Å². The summed E-state index contributed by atoms with van der Waals surface area (Å²) in [6, 6.07) is 13.3. The molecular weight excluding hydrogens is 318 g/mol. The first-order valence-corrected chi connectivity index (χ1v) is 8.23. The van der Waals surface area contributed by atoms with E-state index in [2.05, 4.69) is 10.3 Å². The van der Waals surface area contributed by atoms with Crippen LogP contribution < -0.4 is 5.32 Å². The fraction of sp³-hybridized carbons (Fsp3) is 0.316. The Labute approximate surface area is 146 Å². The van der Waals surface area contributed by atoms with Crippen molar-refractivity contribution in [2.24, 2.45) is 5.92 Å². The third-order valence-corrected chi connectivity index (χ3v) is 4.51. The summed E-state index contributed by atoms with van der Waals surface area (Å²) in [5, 5.41) is 2.89. The Morgan fingerprint density at radius 1 is 1.20 bits per heavy atom. The Balaban J connectivity index is 1.68. The first-order chi connectivity index (χ1) is 12.2. The quantitative estimate of drug-likeness (QED) is 0.867. The van der Waals surface area contributed by atoms with Crippen LogP contribution in [0, 0.1) is 5.92 Å². The van der Waals surface area contributed by atoms with Crippen molar-refractivity contribution in [2.75, 3.05) is 20.2 Å². The standard InChI is InChI=1S/C19H21N3O3/c1-25-18(23)17-13-22(12-16(17)15-7-3-2-4-8-15)19(24)21-11-14-6-5-9-20-10-14/h2-10,16-17H,11-13H2,1H3,(H,21,24)/t16-,17+/m0/s1. The largest absolute Gasteiger partial charge is 0.469 e. The van der Waals surface area contributed by atoms with Gasteiger partial charge in [0.25, 0.3) is 0 Å². The summed E-state index contributed by atoms with van der Waals surface area (Å²) in [4.78, 5) is 30.4. The first-order valence-electron chi connectivity index (χ1n) is 8.23. The maximum absolute atomic E-state index is 12.5. The van der Waals surface area contributed by atoms with Gasteiger partial charge in [0.1, 0.15) is 0 Å². The minimum absolute atomic E-state index is 0.0576. The molecule has 1 aliphatic rings. The molecule has 0 spiro atoms. The summed E-state index contributed by atoms with van der Waals surface area (Å²) in [7, 11) is 1.38. The van der Waals surface area contributed by atoms with Gasteiger partial charge in [-0.3, -0.25) is 9.78 Å². The predicted octanol–water partition coefficient (Wildman–Crippen LogP) is 2.18. The van der Waals surface area contributed by atoms with Crippen LogP contribution in [0.15, 0.2) is 54.9 Å². The lowest BCUT2D eigenvalue weighted by Crippen LogP contribution is -2.38. The molecule has 3 rings (SSSR count). The molecule has 1 saturated heterocycles. The smallest absolute Gasteiger partial charge is 0.317 e. The van der Waals surface area contributed by atoms with Crippen molar-refractivity contribution < 1.29 is 14.3 Å². The van der Waals surface area contributed by atoms with Crippen LogP contribution in [0.2, 0.25) is 0 Å². The summed E-state index contributed by atoms with van der Waals surface area (Å²) in [6.45, 7) is 1.25. The topological polar surface area (TPSA) is 71.5 Å². The van der Waals surface area contributed by atoms with E-state index in [1.807, 2.05) is 42.5 Å². The summed E-state index contributed by atoms with van der Waals surface area (Å²) in [5.74, 6) is -0.689. The molecule has 6 nitrogen and oxygen atoms in total. The number of ether oxygens (including phenoxy) is 1. The Hall–Kier alpha value is -2.89. The highest BCUT2D eigenvalue weighted by Crippen LogP contribution is 2.33. The average Bonchev–Trinajstić information content (AvgIpc) is 3.12. The van der Waals surface area contributed by atoms with Gasteiger partial charge in [-0.15, -0.1) is 0 Å². The molecule has 2 amide bonds. The molecule has 0 aliphatic carbocycles. The number of pyridine rings is 1. The highest BCUT2D eigenvalue weighted by Gasteiger charge is 2.41. The molecule has 0 bridgehead atoms. The number of carbonyl (C=O) groups excluding carboxylic acids is 2. The van der Waals surface area contributed by atoms with Crippen molar-refractivity contribution in [3.05, 3.63) is 66.0 Å². The van der Waals surface area contributed by atoms with E-state index < -0.39 is 0 Å². The number of likely N-dealkylation sites (tertiary alicyclic amines) is 1. The second kappa shape index (κ2) is 7.79. The van der Waals surface area contributed by atoms with Gasteiger partial charge in [0.2, 0.25) is 0 Å². The molecule has 1 fully saturated rings. The maximum Gasteiger partial charge on any atom is 0.317 e. The zero-order valence-corrected chi connectivity index (χ0v) is 14.1. The fourth-order valence-electron chi connectivity index (χ4n) is 3.19. The van der Waals surface area contributed by atoms with Crippen LogP contribution in [0.3, 0.4) is 0 Å². The number of amides is 2. The number of hydrogen-bond acceptors (Lipinski definition) is 4. The lowest BCUT2D eigenvalue weighted by molar-refractivity contribution is -0.145. The lowest BCUT2D eigenvalue weighted by Gasteiger charge is -2.17. The van der Waals surface area contributed by atoms with Crippen molar-refractivity contribution in [2.45, 2.75) is 12.5 Å². The monoisotopic (exact) mass is 339 g/mol. The number of aromatic nitrogens is 1. The number of nitrogens with one attached hydrogen (secondary N) is 1. The van der Waals surface area contributed by atoms with E-state index in [1.54, 1.807) is 17.3 Å². The van der Waals surface area contributed by atoms with Crippen LogP contribution in [0.1, 0.15) is 17.0 Å². The molecule has 2 aromatic rings. The van der Waals surface area contributed by atoms with Gasteiger partial charge in [-0.1, -0.05) is 36.4 Å². The number of rotatable bonds is 4. The summed E-state index contributed by atoms with van der Waals surface area (Å²) in [5.41, 5.74) is 1.97. The maximum atomic E-state index is 12.5. The van der Waals surface area contributed by atoms with Gasteiger partial charge in [-0.05, 0) is 17.2 Å². The third kappa shape index (κ3) is 3.96. The van der Waals surface area contributed by atoms with E-state index in [-0.39, 0.29) is 23.8 Å². The number of esters is 1. The van der Waals surface area contributed by atoms with Gasteiger partial charge in [0.05, 0.1) is 13.0 Å². The van der Waals surface area contributed by atoms with Gasteiger partial charge in [-0.25, -0.2) is 4.79 Å². The highest BCUT2D eigenvalue weighted by atomic mass is 16.5. The third-order valence-electron chi connectivity index (χ3n) is 4.51. The molecule has 2 atom stereocenters. The Kier molecular flexibility index (Phi) is 5.28. The molecule has 0 unspecified atom stereocenters. The molecule has 1 N–H and O–H groups in total. The van der Waals surface area contributed by atoms with Gasteiger partial charge < -0.3 is 15.0 Å². The van der Waals surface area contributed by atoms with Gasteiger partial charge in [0, 0.05) is 37.9 Å². The zero-order chi connectivity index (χ0) is 17.6. The van der Waals surface area contributed by atoms with Gasteiger partial charge >= 0.3 is 12.0 Å². The molecule has 1 aromatic heterocycles. The van der Waals surface area contributed by atoms with Crippen molar-refractivity contribution in [3.63, 3.8) is 0 Å². The minimum atomic E-state index is -0.350. The number of urea groups is 1. The molecule has 25 heavy (non-hydrogen) atoms. The van der Waals surface area contributed by atoms with Crippen LogP contribution in [-0.2, 0) is 16.1 Å². The average molecular weight is 339 g/mol. The summed E-state index contributed by atoms with van der Waals surface area (Å²) < 4.78 is 4.94. The predicted molar refractivity (Wildman–Crippen MR) is 92.7 cm³/mol. The SMILES string of the molecule is COC(=O)[C@@H]1CN(C(=O)NCc2cccnc2)C[C@H]1c1ccccc1. The molecule has 130 valence electrons. The van der Waals surface area contributed by atoms with Crippen LogP contribution in [-0.4, -0.2) is 42.1 Å². The first kappa shape index (κ1) is 17.0. The molecular formula is C19H21N3O3. The minimum Gasteiger partial charge on any atom is -0.469 e. The Morgan fingerprint density at radius 2 is 2.00 bits per heavy atom. The fourth-order valence-corrected chi connectivity index (χ4v) is 3.19. The number of hydrogen-bond donors (Lipinski definition) is 1. The van der Waals surface area contributed by atoms with Gasteiger partial charge in [0.15, 0.2) is 0 Å². The second-order valence-electron chi connectivity index (χ2n) is 6.07. The molecule has 1 aromatic carbocycles. The zero-order valence-electron chi connectivity index (χ0n) is 14.1.